The molecular weight excluding hydrogens is 256 g/mol. The van der Waals surface area contributed by atoms with Crippen LogP contribution < -0.4 is 10.2 Å². The summed E-state index contributed by atoms with van der Waals surface area (Å²) in [5, 5.41) is 2.89. The van der Waals surface area contributed by atoms with Gasteiger partial charge in [-0.05, 0) is 40.2 Å². The first-order valence-electron chi connectivity index (χ1n) is 6.87. The van der Waals surface area contributed by atoms with Crippen molar-refractivity contribution in [2.45, 2.75) is 45.8 Å². The molecule has 0 unspecified atom stereocenters. The topological polar surface area (TPSA) is 67.4 Å². The second-order valence-corrected chi connectivity index (χ2v) is 6.08. The van der Waals surface area contributed by atoms with Crippen LogP contribution in [0.4, 0.5) is 10.7 Å². The van der Waals surface area contributed by atoms with Crippen LogP contribution in [0.1, 0.15) is 32.9 Å². The van der Waals surface area contributed by atoms with Gasteiger partial charge in [-0.3, -0.25) is 0 Å². The Bertz CT molecular complexity index is 484. The van der Waals surface area contributed by atoms with E-state index < -0.39 is 5.60 Å². The maximum atomic E-state index is 11.7. The number of rotatable bonds is 2. The minimum Gasteiger partial charge on any atom is -0.444 e. The Hall–Kier alpha value is -1.85. The number of hydrogen-bond acceptors (Lipinski definition) is 5. The summed E-state index contributed by atoms with van der Waals surface area (Å²) < 4.78 is 5.26. The van der Waals surface area contributed by atoms with Crippen molar-refractivity contribution >= 4 is 12.0 Å². The van der Waals surface area contributed by atoms with Gasteiger partial charge in [0.15, 0.2) is 0 Å². The van der Waals surface area contributed by atoms with E-state index >= 15 is 0 Å². The Kier molecular flexibility index (Phi) is 4.11. The largest absolute Gasteiger partial charge is 0.444 e. The summed E-state index contributed by atoms with van der Waals surface area (Å²) in [6, 6.07) is 1.95. The molecule has 110 valence electrons. The molecule has 1 amide bonds. The summed E-state index contributed by atoms with van der Waals surface area (Å²) in [4.78, 5) is 22.5. The summed E-state index contributed by atoms with van der Waals surface area (Å²) >= 11 is 0. The fourth-order valence-electron chi connectivity index (χ4n) is 2.12. The van der Waals surface area contributed by atoms with Gasteiger partial charge in [-0.1, -0.05) is 0 Å². The van der Waals surface area contributed by atoms with E-state index in [2.05, 4.69) is 20.2 Å². The van der Waals surface area contributed by atoms with Crippen LogP contribution in [-0.2, 0) is 4.74 Å². The number of alkyl carbamates (subject to hydrolysis) is 1. The molecular formula is C14H22N4O2. The van der Waals surface area contributed by atoms with Crippen LogP contribution in [0.5, 0.6) is 0 Å². The second-order valence-electron chi connectivity index (χ2n) is 6.08. The van der Waals surface area contributed by atoms with E-state index in [-0.39, 0.29) is 12.1 Å². The lowest BCUT2D eigenvalue weighted by Gasteiger charge is -2.22. The number of ether oxygens (including phenoxy) is 1. The van der Waals surface area contributed by atoms with Crippen molar-refractivity contribution in [3.63, 3.8) is 0 Å². The zero-order valence-electron chi connectivity index (χ0n) is 12.5. The molecule has 1 fully saturated rings. The number of anilines is 1. The van der Waals surface area contributed by atoms with Crippen LogP contribution in [0, 0.1) is 6.92 Å². The monoisotopic (exact) mass is 278 g/mol. The predicted octanol–water partition coefficient (Wildman–Crippen LogP) is 1.89. The number of nitrogens with one attached hydrogen (secondary N) is 1. The van der Waals surface area contributed by atoms with Gasteiger partial charge in [-0.25, -0.2) is 14.8 Å². The third-order valence-electron chi connectivity index (χ3n) is 2.97. The molecule has 0 spiro atoms. The van der Waals surface area contributed by atoms with Gasteiger partial charge < -0.3 is 15.0 Å². The number of nitrogens with zero attached hydrogens (tertiary/aromatic N) is 3. The van der Waals surface area contributed by atoms with Crippen molar-refractivity contribution in [1.29, 1.82) is 0 Å². The van der Waals surface area contributed by atoms with E-state index in [4.69, 9.17) is 4.74 Å². The maximum absolute atomic E-state index is 11.7. The van der Waals surface area contributed by atoms with Crippen LogP contribution in [0.2, 0.25) is 0 Å². The van der Waals surface area contributed by atoms with Crippen LogP contribution in [0.15, 0.2) is 12.3 Å². The molecule has 0 radical (unpaired) electrons. The number of aryl methyl sites for hydroxylation is 1. The highest BCUT2D eigenvalue weighted by Crippen LogP contribution is 2.16. The van der Waals surface area contributed by atoms with Gasteiger partial charge in [0.25, 0.3) is 0 Å². The van der Waals surface area contributed by atoms with E-state index in [0.717, 1.165) is 24.6 Å². The maximum Gasteiger partial charge on any atom is 0.407 e. The van der Waals surface area contributed by atoms with Gasteiger partial charge in [-0.2, -0.15) is 0 Å². The lowest BCUT2D eigenvalue weighted by molar-refractivity contribution is 0.0509. The molecule has 0 aliphatic carbocycles. The molecule has 6 heteroatoms. The molecule has 1 aromatic rings. The highest BCUT2D eigenvalue weighted by molar-refractivity contribution is 5.68. The second kappa shape index (κ2) is 5.64. The molecule has 1 saturated heterocycles. The van der Waals surface area contributed by atoms with Gasteiger partial charge in [0, 0.05) is 25.0 Å². The summed E-state index contributed by atoms with van der Waals surface area (Å²) in [5.74, 6) is 0.721. The van der Waals surface area contributed by atoms with Crippen LogP contribution in [-0.4, -0.2) is 40.8 Å². The first kappa shape index (κ1) is 14.6. The summed E-state index contributed by atoms with van der Waals surface area (Å²) in [6.45, 7) is 9.06. The SMILES string of the molecule is Cc1ccnc(N2CC[C@H](NC(=O)OC(C)(C)C)C2)n1. The van der Waals surface area contributed by atoms with Crippen LogP contribution in [0.3, 0.4) is 0 Å². The lowest BCUT2D eigenvalue weighted by atomic mass is 10.2. The third kappa shape index (κ3) is 4.08. The average Bonchev–Trinajstić information content (AvgIpc) is 2.74. The zero-order chi connectivity index (χ0) is 14.8. The quantitative estimate of drug-likeness (QED) is 0.894. The smallest absolute Gasteiger partial charge is 0.407 e. The van der Waals surface area contributed by atoms with Gasteiger partial charge in [0.2, 0.25) is 5.95 Å². The molecule has 20 heavy (non-hydrogen) atoms. The Balaban J connectivity index is 1.88. The Labute approximate surface area is 119 Å². The molecule has 1 aliphatic heterocycles. The molecule has 0 saturated carbocycles. The molecule has 1 atom stereocenters. The molecule has 2 heterocycles. The Morgan fingerprint density at radius 2 is 2.25 bits per heavy atom. The van der Waals surface area contributed by atoms with Crippen LogP contribution >= 0.6 is 0 Å². The zero-order valence-corrected chi connectivity index (χ0v) is 12.5. The predicted molar refractivity (Wildman–Crippen MR) is 76.8 cm³/mol. The first-order valence-corrected chi connectivity index (χ1v) is 6.87. The van der Waals surface area contributed by atoms with Crippen LogP contribution in [0.25, 0.3) is 0 Å². The van der Waals surface area contributed by atoms with Gasteiger partial charge in [0.05, 0.1) is 6.04 Å². The number of carbonyl (C=O) groups excluding carboxylic acids is 1. The Morgan fingerprint density at radius 3 is 2.90 bits per heavy atom. The van der Waals surface area contributed by atoms with Gasteiger partial charge in [0.1, 0.15) is 5.60 Å². The van der Waals surface area contributed by atoms with Gasteiger partial charge >= 0.3 is 6.09 Å². The number of amides is 1. The molecule has 0 bridgehead atoms. The Morgan fingerprint density at radius 1 is 1.50 bits per heavy atom. The summed E-state index contributed by atoms with van der Waals surface area (Å²) in [5.41, 5.74) is 0.473. The van der Waals surface area contributed by atoms with E-state index in [9.17, 15) is 4.79 Å². The fraction of sp³-hybridized carbons (Fsp3) is 0.643. The number of carbonyl (C=O) groups is 1. The summed E-state index contributed by atoms with van der Waals surface area (Å²) in [6.07, 6.45) is 2.26. The molecule has 1 aromatic heterocycles. The molecule has 1 N–H and O–H groups in total. The van der Waals surface area contributed by atoms with E-state index in [1.807, 2.05) is 33.8 Å². The van der Waals surface area contributed by atoms with E-state index in [1.54, 1.807) is 6.20 Å². The third-order valence-corrected chi connectivity index (χ3v) is 2.97. The van der Waals surface area contributed by atoms with Crippen molar-refractivity contribution in [3.8, 4) is 0 Å². The summed E-state index contributed by atoms with van der Waals surface area (Å²) in [7, 11) is 0. The molecule has 1 aliphatic rings. The standard InChI is InChI=1S/C14H22N4O2/c1-10-5-7-15-12(16-10)18-8-6-11(9-18)17-13(19)20-14(2,3)4/h5,7,11H,6,8-9H2,1-4H3,(H,17,19)/t11-/m0/s1. The van der Waals surface area contributed by atoms with E-state index in [1.165, 1.54) is 0 Å². The minimum atomic E-state index is -0.470. The van der Waals surface area contributed by atoms with E-state index in [0.29, 0.717) is 6.54 Å². The molecule has 2 rings (SSSR count). The van der Waals surface area contributed by atoms with Crippen molar-refractivity contribution in [1.82, 2.24) is 15.3 Å². The van der Waals surface area contributed by atoms with Gasteiger partial charge in [-0.15, -0.1) is 0 Å². The first-order chi connectivity index (χ1) is 9.33. The minimum absolute atomic E-state index is 0.0777. The van der Waals surface area contributed by atoms with Crippen molar-refractivity contribution < 1.29 is 9.53 Å². The fourth-order valence-corrected chi connectivity index (χ4v) is 2.12. The number of aromatic nitrogens is 2. The molecule has 0 aromatic carbocycles. The van der Waals surface area contributed by atoms with Crippen molar-refractivity contribution in [2.75, 3.05) is 18.0 Å². The average molecular weight is 278 g/mol. The normalized spacial score (nSPS) is 19.0. The lowest BCUT2D eigenvalue weighted by Crippen LogP contribution is -2.40. The number of hydrogen-bond donors (Lipinski definition) is 1. The molecule has 6 nitrogen and oxygen atoms in total. The highest BCUT2D eigenvalue weighted by Gasteiger charge is 2.27. The van der Waals surface area contributed by atoms with Crippen molar-refractivity contribution in [2.24, 2.45) is 0 Å². The highest BCUT2D eigenvalue weighted by atomic mass is 16.6. The van der Waals surface area contributed by atoms with Crippen molar-refractivity contribution in [3.05, 3.63) is 18.0 Å².